The normalized spacial score (nSPS) is 14.0. The van der Waals surface area contributed by atoms with Crippen LogP contribution in [0.2, 0.25) is 0 Å². The minimum Gasteiger partial charge on any atom is -0.486 e. The van der Waals surface area contributed by atoms with Crippen molar-refractivity contribution in [2.45, 2.75) is 19.5 Å². The van der Waals surface area contributed by atoms with E-state index in [2.05, 4.69) is 5.10 Å². The average Bonchev–Trinajstić information content (AvgIpc) is 3.06. The molecule has 1 aliphatic heterocycles. The standard InChI is InChI=1S/C20H14F4N2O2/c1-11-6-14(21)3-4-16(11)26-17(9-19(25-26)20(22,23)24)12-2-5-18-13(7-12)8-15(27)10-28-18/h2-7,9H,8,10H2,1H3. The molecule has 28 heavy (non-hydrogen) atoms. The van der Waals surface area contributed by atoms with Gasteiger partial charge in [-0.3, -0.25) is 4.79 Å². The van der Waals surface area contributed by atoms with E-state index in [0.717, 1.165) is 10.7 Å². The molecule has 0 saturated carbocycles. The Hall–Kier alpha value is -3.16. The lowest BCUT2D eigenvalue weighted by Gasteiger charge is -2.17. The van der Waals surface area contributed by atoms with Crippen molar-refractivity contribution in [3.63, 3.8) is 0 Å². The average molecular weight is 390 g/mol. The summed E-state index contributed by atoms with van der Waals surface area (Å²) in [7, 11) is 0. The van der Waals surface area contributed by atoms with Gasteiger partial charge in [0.2, 0.25) is 0 Å². The zero-order valence-corrected chi connectivity index (χ0v) is 14.7. The number of alkyl halides is 3. The van der Waals surface area contributed by atoms with Gasteiger partial charge >= 0.3 is 6.18 Å². The lowest BCUT2D eigenvalue weighted by atomic mass is 10.0. The van der Waals surface area contributed by atoms with Crippen LogP contribution in [0.5, 0.6) is 5.75 Å². The Balaban J connectivity index is 1.90. The summed E-state index contributed by atoms with van der Waals surface area (Å²) in [6, 6.07) is 9.58. The van der Waals surface area contributed by atoms with Gasteiger partial charge in [-0.25, -0.2) is 9.07 Å². The second kappa shape index (κ2) is 6.47. The van der Waals surface area contributed by atoms with Crippen molar-refractivity contribution in [1.29, 1.82) is 0 Å². The van der Waals surface area contributed by atoms with Crippen molar-refractivity contribution in [2.75, 3.05) is 6.61 Å². The molecule has 0 N–H and O–H groups in total. The van der Waals surface area contributed by atoms with Crippen molar-refractivity contribution >= 4 is 5.78 Å². The first-order valence-electron chi connectivity index (χ1n) is 8.44. The highest BCUT2D eigenvalue weighted by Gasteiger charge is 2.35. The van der Waals surface area contributed by atoms with E-state index < -0.39 is 17.7 Å². The fourth-order valence-corrected chi connectivity index (χ4v) is 3.20. The molecule has 1 aromatic heterocycles. The molecule has 0 unspecified atom stereocenters. The number of halogens is 4. The Kier molecular flexibility index (Phi) is 4.21. The molecule has 0 fully saturated rings. The molecule has 4 nitrogen and oxygen atoms in total. The molecule has 0 radical (unpaired) electrons. The summed E-state index contributed by atoms with van der Waals surface area (Å²) >= 11 is 0. The molecular weight excluding hydrogens is 376 g/mol. The van der Waals surface area contributed by atoms with E-state index in [1.165, 1.54) is 18.2 Å². The van der Waals surface area contributed by atoms with Crippen LogP contribution in [-0.2, 0) is 17.4 Å². The smallest absolute Gasteiger partial charge is 0.435 e. The number of carbonyl (C=O) groups is 1. The zero-order chi connectivity index (χ0) is 20.1. The zero-order valence-electron chi connectivity index (χ0n) is 14.7. The van der Waals surface area contributed by atoms with Crippen LogP contribution in [0.3, 0.4) is 0 Å². The van der Waals surface area contributed by atoms with Gasteiger partial charge in [0.25, 0.3) is 0 Å². The third-order valence-electron chi connectivity index (χ3n) is 4.52. The van der Waals surface area contributed by atoms with Crippen LogP contribution in [0.15, 0.2) is 42.5 Å². The third kappa shape index (κ3) is 3.26. The van der Waals surface area contributed by atoms with Gasteiger partial charge in [0, 0.05) is 17.5 Å². The van der Waals surface area contributed by atoms with Crippen molar-refractivity contribution in [3.8, 4) is 22.7 Å². The summed E-state index contributed by atoms with van der Waals surface area (Å²) in [5, 5.41) is 3.72. The first-order valence-corrected chi connectivity index (χ1v) is 8.44. The number of nitrogens with zero attached hydrogens (tertiary/aromatic N) is 2. The van der Waals surface area contributed by atoms with Crippen LogP contribution >= 0.6 is 0 Å². The second-order valence-electron chi connectivity index (χ2n) is 6.58. The van der Waals surface area contributed by atoms with Crippen LogP contribution in [0.4, 0.5) is 17.6 Å². The summed E-state index contributed by atoms with van der Waals surface area (Å²) in [6.45, 7) is 1.58. The van der Waals surface area contributed by atoms with E-state index in [-0.39, 0.29) is 24.5 Å². The van der Waals surface area contributed by atoms with Gasteiger partial charge in [-0.1, -0.05) is 0 Å². The van der Waals surface area contributed by atoms with Gasteiger partial charge in [0.05, 0.1) is 11.4 Å². The van der Waals surface area contributed by atoms with Gasteiger partial charge in [0.1, 0.15) is 18.2 Å². The minimum atomic E-state index is -4.64. The number of aromatic nitrogens is 2. The Bertz CT molecular complexity index is 1090. The van der Waals surface area contributed by atoms with Gasteiger partial charge in [-0.05, 0) is 55.0 Å². The fourth-order valence-electron chi connectivity index (χ4n) is 3.20. The number of hydrogen-bond donors (Lipinski definition) is 0. The minimum absolute atomic E-state index is 0.0166. The van der Waals surface area contributed by atoms with Gasteiger partial charge < -0.3 is 4.74 Å². The molecule has 1 aliphatic rings. The van der Waals surface area contributed by atoms with E-state index in [1.807, 2.05) is 0 Å². The van der Waals surface area contributed by atoms with Crippen LogP contribution in [-0.4, -0.2) is 22.2 Å². The largest absolute Gasteiger partial charge is 0.486 e. The molecule has 2 aromatic carbocycles. The van der Waals surface area contributed by atoms with Crippen molar-refractivity contribution in [1.82, 2.24) is 9.78 Å². The van der Waals surface area contributed by atoms with E-state index in [0.29, 0.717) is 28.1 Å². The molecule has 4 rings (SSSR count). The molecule has 0 atom stereocenters. The number of Topliss-reactive ketones (excluding diaryl/α,β-unsaturated/α-hetero) is 1. The summed E-state index contributed by atoms with van der Waals surface area (Å²) in [5.74, 6) is -0.0672. The number of rotatable bonds is 2. The third-order valence-corrected chi connectivity index (χ3v) is 4.52. The number of carbonyl (C=O) groups excluding carboxylic acids is 1. The molecule has 3 aromatic rings. The Morgan fingerprint density at radius 2 is 1.89 bits per heavy atom. The topological polar surface area (TPSA) is 44.1 Å². The Morgan fingerprint density at radius 1 is 1.11 bits per heavy atom. The number of ketones is 1. The van der Waals surface area contributed by atoms with Gasteiger partial charge in [-0.15, -0.1) is 0 Å². The molecule has 2 heterocycles. The summed E-state index contributed by atoms with van der Waals surface area (Å²) in [4.78, 5) is 11.6. The molecule has 0 spiro atoms. The number of benzene rings is 2. The first-order chi connectivity index (χ1) is 13.2. The van der Waals surface area contributed by atoms with Crippen LogP contribution in [0.25, 0.3) is 16.9 Å². The number of hydrogen-bond acceptors (Lipinski definition) is 3. The van der Waals surface area contributed by atoms with Gasteiger partial charge in [-0.2, -0.15) is 18.3 Å². The number of aryl methyl sites for hydroxylation is 1. The van der Waals surface area contributed by atoms with E-state index >= 15 is 0 Å². The highest BCUT2D eigenvalue weighted by Crippen LogP contribution is 2.36. The molecule has 144 valence electrons. The highest BCUT2D eigenvalue weighted by molar-refractivity contribution is 5.85. The SMILES string of the molecule is Cc1cc(F)ccc1-n1nc(C(F)(F)F)cc1-c1ccc2c(c1)CC(=O)CO2. The molecule has 0 bridgehead atoms. The van der Waals surface area contributed by atoms with Crippen LogP contribution < -0.4 is 4.74 Å². The summed E-state index contributed by atoms with van der Waals surface area (Å²) < 4.78 is 59.8. The lowest BCUT2D eigenvalue weighted by Crippen LogP contribution is -2.20. The monoisotopic (exact) mass is 390 g/mol. The van der Waals surface area contributed by atoms with E-state index in [4.69, 9.17) is 4.74 Å². The predicted octanol–water partition coefficient (Wildman–Crippen LogP) is 4.51. The Labute approximate surface area is 157 Å². The van der Waals surface area contributed by atoms with Crippen LogP contribution in [0, 0.1) is 12.7 Å². The second-order valence-corrected chi connectivity index (χ2v) is 6.58. The highest BCUT2D eigenvalue weighted by atomic mass is 19.4. The van der Waals surface area contributed by atoms with Crippen molar-refractivity contribution in [2.24, 2.45) is 0 Å². The maximum Gasteiger partial charge on any atom is 0.435 e. The fraction of sp³-hybridized carbons (Fsp3) is 0.200. The maximum absolute atomic E-state index is 13.5. The number of fused-ring (bicyclic) bond motifs is 1. The molecular formula is C20H14F4N2O2. The van der Waals surface area contributed by atoms with E-state index in [1.54, 1.807) is 25.1 Å². The van der Waals surface area contributed by atoms with E-state index in [9.17, 15) is 22.4 Å². The Morgan fingerprint density at radius 3 is 2.61 bits per heavy atom. The quantitative estimate of drug-likeness (QED) is 0.605. The molecule has 0 amide bonds. The molecule has 0 saturated heterocycles. The summed E-state index contributed by atoms with van der Waals surface area (Å²) in [6.07, 6.45) is -4.49. The summed E-state index contributed by atoms with van der Waals surface area (Å²) in [5.41, 5.74) is 0.945. The lowest BCUT2D eigenvalue weighted by molar-refractivity contribution is -0.141. The maximum atomic E-state index is 13.5. The first kappa shape index (κ1) is 18.2. The predicted molar refractivity (Wildman–Crippen MR) is 92.9 cm³/mol. The van der Waals surface area contributed by atoms with Crippen molar-refractivity contribution < 1.29 is 27.1 Å². The molecule has 8 heteroatoms. The number of ether oxygens (including phenoxy) is 1. The van der Waals surface area contributed by atoms with Crippen LogP contribution in [0.1, 0.15) is 16.8 Å². The van der Waals surface area contributed by atoms with Crippen molar-refractivity contribution in [3.05, 3.63) is 65.1 Å². The van der Waals surface area contributed by atoms with Gasteiger partial charge in [0.15, 0.2) is 11.5 Å². The molecule has 0 aliphatic carbocycles.